The van der Waals surface area contributed by atoms with Gasteiger partial charge >= 0.3 is 0 Å². The highest BCUT2D eigenvalue weighted by atomic mass is 16.3. The SMILES string of the molecule is CCCCCCCCCCCCCCCCCCCCC(O)CNCCN1CCN(CCN(CCN(CC(O)CCCCCCCCCC)CC(O)CCCCCCCCCC)CC(O)CCCCCCCCCC)CC1. The third kappa shape index (κ3) is 52.2. The van der Waals surface area contributed by atoms with Crippen LogP contribution in [0.2, 0.25) is 0 Å². The molecule has 1 aliphatic rings. The number of hydrogen-bond donors (Lipinski definition) is 5. The van der Waals surface area contributed by atoms with Gasteiger partial charge in [-0.25, -0.2) is 0 Å². The topological polar surface area (TPSA) is 106 Å². The van der Waals surface area contributed by atoms with Gasteiger partial charge in [0.1, 0.15) is 0 Å². The number of hydrogen-bond acceptors (Lipinski definition) is 9. The fourth-order valence-corrected chi connectivity index (χ4v) is 12.0. The number of nitrogens with one attached hydrogen (secondary N) is 1. The number of piperazine rings is 1. The molecule has 462 valence electrons. The molecule has 0 amide bonds. The highest BCUT2D eigenvalue weighted by molar-refractivity contribution is 4.77. The summed E-state index contributed by atoms with van der Waals surface area (Å²) in [4.78, 5) is 10.1. The van der Waals surface area contributed by atoms with E-state index >= 15 is 0 Å². The Morgan fingerprint density at radius 2 is 0.545 bits per heavy atom. The number of rotatable bonds is 63. The fraction of sp³-hybridized carbons (Fsp3) is 1.00. The van der Waals surface area contributed by atoms with E-state index < -0.39 is 0 Å². The lowest BCUT2D eigenvalue weighted by Crippen LogP contribution is -2.51. The predicted molar refractivity (Wildman–Crippen MR) is 338 cm³/mol. The van der Waals surface area contributed by atoms with E-state index in [9.17, 15) is 20.4 Å². The Labute approximate surface area is 482 Å². The molecule has 1 aliphatic heterocycles. The van der Waals surface area contributed by atoms with Crippen LogP contribution in [0.25, 0.3) is 0 Å². The Morgan fingerprint density at radius 3 is 0.857 bits per heavy atom. The molecule has 0 aromatic rings. The standard InChI is InChI=1S/C68H141N5O4/c1-5-9-13-17-21-25-26-27-28-29-30-31-32-33-34-38-39-43-47-65(74)61-69-51-52-70-53-55-71(56-54-70)57-58-72(62-66(75)48-44-40-35-22-18-14-10-6-2)59-60-73(63-67(76)49-45-41-36-23-19-15-11-7-3)64-68(77)50-46-42-37-24-20-16-12-8-4/h65-69,74-77H,5-64H2,1-4H3. The van der Waals surface area contributed by atoms with Crippen LogP contribution in [-0.2, 0) is 0 Å². The molecule has 0 radical (unpaired) electrons. The van der Waals surface area contributed by atoms with Gasteiger partial charge in [0, 0.05) is 91.6 Å². The van der Waals surface area contributed by atoms with Crippen molar-refractivity contribution < 1.29 is 20.4 Å². The van der Waals surface area contributed by atoms with Crippen LogP contribution in [0, 0.1) is 0 Å². The highest BCUT2D eigenvalue weighted by Gasteiger charge is 2.21. The quantitative estimate of drug-likeness (QED) is 0.0381. The number of aliphatic hydroxyl groups excluding tert-OH is 4. The first kappa shape index (κ1) is 74.7. The van der Waals surface area contributed by atoms with Crippen LogP contribution in [0.5, 0.6) is 0 Å². The molecule has 1 fully saturated rings. The summed E-state index contributed by atoms with van der Waals surface area (Å²) in [5.41, 5.74) is 0. The van der Waals surface area contributed by atoms with Gasteiger partial charge < -0.3 is 25.7 Å². The Balaban J connectivity index is 2.53. The largest absolute Gasteiger partial charge is 0.392 e. The van der Waals surface area contributed by atoms with E-state index in [4.69, 9.17) is 0 Å². The van der Waals surface area contributed by atoms with Gasteiger partial charge in [-0.05, 0) is 25.7 Å². The maximum atomic E-state index is 11.4. The average molecular weight is 1090 g/mol. The summed E-state index contributed by atoms with van der Waals surface area (Å²) < 4.78 is 0. The first-order valence-corrected chi connectivity index (χ1v) is 35.1. The van der Waals surface area contributed by atoms with E-state index in [1.54, 1.807) is 0 Å². The molecule has 1 rings (SSSR count). The van der Waals surface area contributed by atoms with Crippen molar-refractivity contribution in [1.29, 1.82) is 0 Å². The molecule has 0 aliphatic carbocycles. The molecule has 0 spiro atoms. The predicted octanol–water partition coefficient (Wildman–Crippen LogP) is 16.3. The zero-order valence-corrected chi connectivity index (χ0v) is 52.8. The molecular formula is C68H141N5O4. The second-order valence-electron chi connectivity index (χ2n) is 25.2. The van der Waals surface area contributed by atoms with Crippen LogP contribution in [0.3, 0.4) is 0 Å². The Bertz CT molecular complexity index is 1100. The summed E-state index contributed by atoms with van der Waals surface area (Å²) in [6.07, 6.45) is 57.8. The van der Waals surface area contributed by atoms with E-state index in [-0.39, 0.29) is 24.4 Å². The van der Waals surface area contributed by atoms with E-state index in [2.05, 4.69) is 52.6 Å². The van der Waals surface area contributed by atoms with Crippen LogP contribution in [-0.4, -0.2) is 156 Å². The smallest absolute Gasteiger partial charge is 0.0667 e. The molecule has 77 heavy (non-hydrogen) atoms. The zero-order valence-electron chi connectivity index (χ0n) is 52.8. The van der Waals surface area contributed by atoms with E-state index in [0.717, 1.165) is 117 Å². The van der Waals surface area contributed by atoms with Gasteiger partial charge in [0.15, 0.2) is 0 Å². The van der Waals surface area contributed by atoms with E-state index in [1.165, 1.54) is 244 Å². The van der Waals surface area contributed by atoms with E-state index in [1.807, 2.05) is 0 Å². The lowest BCUT2D eigenvalue weighted by Gasteiger charge is -2.36. The first-order valence-electron chi connectivity index (χ1n) is 35.1. The normalized spacial score (nSPS) is 15.4. The summed E-state index contributed by atoms with van der Waals surface area (Å²) in [6.45, 7) is 21.6. The minimum absolute atomic E-state index is 0.240. The van der Waals surface area contributed by atoms with E-state index in [0.29, 0.717) is 26.2 Å². The van der Waals surface area contributed by atoms with Crippen LogP contribution >= 0.6 is 0 Å². The second kappa shape index (κ2) is 58.8. The van der Waals surface area contributed by atoms with Crippen LogP contribution in [0.15, 0.2) is 0 Å². The molecule has 5 N–H and O–H groups in total. The maximum absolute atomic E-state index is 11.4. The molecule has 0 aromatic carbocycles. The highest BCUT2D eigenvalue weighted by Crippen LogP contribution is 2.18. The van der Waals surface area contributed by atoms with Crippen LogP contribution < -0.4 is 5.32 Å². The van der Waals surface area contributed by atoms with Crippen molar-refractivity contribution in [1.82, 2.24) is 24.9 Å². The number of aliphatic hydroxyl groups is 4. The monoisotopic (exact) mass is 1090 g/mol. The summed E-state index contributed by atoms with van der Waals surface area (Å²) in [5, 5.41) is 48.4. The first-order chi connectivity index (χ1) is 37.8. The van der Waals surface area contributed by atoms with Gasteiger partial charge in [0.2, 0.25) is 0 Å². The Hall–Kier alpha value is -0.360. The molecule has 4 unspecified atom stereocenters. The van der Waals surface area contributed by atoms with Crippen molar-refractivity contribution in [2.24, 2.45) is 0 Å². The second-order valence-corrected chi connectivity index (χ2v) is 25.2. The summed E-state index contributed by atoms with van der Waals surface area (Å²) in [5.74, 6) is 0. The third-order valence-electron chi connectivity index (χ3n) is 17.4. The Kier molecular flexibility index (Phi) is 57.0. The molecule has 9 nitrogen and oxygen atoms in total. The van der Waals surface area contributed by atoms with Crippen molar-refractivity contribution in [3.8, 4) is 0 Å². The maximum Gasteiger partial charge on any atom is 0.0667 e. The molecule has 0 aromatic heterocycles. The van der Waals surface area contributed by atoms with Gasteiger partial charge in [0.25, 0.3) is 0 Å². The molecule has 1 heterocycles. The fourth-order valence-electron chi connectivity index (χ4n) is 12.0. The van der Waals surface area contributed by atoms with Crippen molar-refractivity contribution in [3.05, 3.63) is 0 Å². The average Bonchev–Trinajstić information content (AvgIpc) is 3.42. The van der Waals surface area contributed by atoms with Crippen LogP contribution in [0.1, 0.15) is 323 Å². The molecular weight excluding hydrogens is 951 g/mol. The van der Waals surface area contributed by atoms with Crippen molar-refractivity contribution in [3.63, 3.8) is 0 Å². The van der Waals surface area contributed by atoms with Crippen LogP contribution in [0.4, 0.5) is 0 Å². The molecule has 0 saturated carbocycles. The minimum atomic E-state index is -0.369. The zero-order chi connectivity index (χ0) is 55.8. The van der Waals surface area contributed by atoms with Gasteiger partial charge in [-0.3, -0.25) is 19.6 Å². The third-order valence-corrected chi connectivity index (χ3v) is 17.4. The molecule has 0 bridgehead atoms. The minimum Gasteiger partial charge on any atom is -0.392 e. The van der Waals surface area contributed by atoms with Gasteiger partial charge in [0.05, 0.1) is 24.4 Å². The van der Waals surface area contributed by atoms with Crippen molar-refractivity contribution in [2.75, 3.05) is 91.6 Å². The number of nitrogens with zero attached hydrogens (tertiary/aromatic N) is 4. The molecule has 4 atom stereocenters. The van der Waals surface area contributed by atoms with Crippen molar-refractivity contribution >= 4 is 0 Å². The summed E-state index contributed by atoms with van der Waals surface area (Å²) in [6, 6.07) is 0. The summed E-state index contributed by atoms with van der Waals surface area (Å²) in [7, 11) is 0. The molecule has 9 heteroatoms. The van der Waals surface area contributed by atoms with Gasteiger partial charge in [-0.15, -0.1) is 0 Å². The number of unbranched alkanes of at least 4 members (excludes halogenated alkanes) is 38. The lowest BCUT2D eigenvalue weighted by molar-refractivity contribution is 0.0448. The lowest BCUT2D eigenvalue weighted by atomic mass is 10.0. The summed E-state index contributed by atoms with van der Waals surface area (Å²) >= 11 is 0. The van der Waals surface area contributed by atoms with Gasteiger partial charge in [-0.2, -0.15) is 0 Å². The Morgan fingerprint density at radius 1 is 0.299 bits per heavy atom. The van der Waals surface area contributed by atoms with Crippen molar-refractivity contribution in [2.45, 2.75) is 347 Å². The molecule has 1 saturated heterocycles. The van der Waals surface area contributed by atoms with Gasteiger partial charge in [-0.1, -0.05) is 297 Å².